The molecule has 2 amide bonds. The van der Waals surface area contributed by atoms with Gasteiger partial charge in [-0.3, -0.25) is 25.0 Å². The first-order valence-corrected chi connectivity index (χ1v) is 9.64. The number of ketones is 1. The number of Topliss-reactive ketones (excluding diaryl/α,β-unsaturated/α-hetero) is 1. The molecule has 0 unspecified atom stereocenters. The minimum Gasteiger partial charge on any atom is -0.374 e. The molecular formula is C22H26N2O4. The van der Waals surface area contributed by atoms with Crippen molar-refractivity contribution in [2.24, 2.45) is 5.92 Å². The van der Waals surface area contributed by atoms with Crippen LogP contribution in [-0.4, -0.2) is 42.9 Å². The highest BCUT2D eigenvalue weighted by atomic mass is 16.5. The molecule has 2 atom stereocenters. The van der Waals surface area contributed by atoms with Crippen molar-refractivity contribution in [1.29, 1.82) is 0 Å². The minimum absolute atomic E-state index is 0.0592. The van der Waals surface area contributed by atoms with Crippen molar-refractivity contribution in [2.75, 3.05) is 13.2 Å². The largest absolute Gasteiger partial charge is 0.374 e. The number of hydrogen-bond acceptors (Lipinski definition) is 5. The second-order valence-electron chi connectivity index (χ2n) is 7.59. The lowest BCUT2D eigenvalue weighted by Crippen LogP contribution is -2.54. The van der Waals surface area contributed by atoms with Gasteiger partial charge < -0.3 is 4.74 Å². The number of rotatable bonds is 6. The molecule has 0 radical (unpaired) electrons. The molecule has 6 heteroatoms. The molecule has 2 aromatic carbocycles. The van der Waals surface area contributed by atoms with Gasteiger partial charge in [0.15, 0.2) is 5.78 Å². The zero-order valence-corrected chi connectivity index (χ0v) is 16.2. The summed E-state index contributed by atoms with van der Waals surface area (Å²) >= 11 is 0. The second kappa shape index (κ2) is 9.08. The van der Waals surface area contributed by atoms with Gasteiger partial charge in [0.05, 0.1) is 12.1 Å². The average Bonchev–Trinajstić information content (AvgIpc) is 2.68. The van der Waals surface area contributed by atoms with Crippen LogP contribution in [0.4, 0.5) is 0 Å². The van der Waals surface area contributed by atoms with Gasteiger partial charge >= 0.3 is 0 Å². The number of ether oxygens (including phenoxy) is 1. The molecule has 2 N–H and O–H groups in total. The summed E-state index contributed by atoms with van der Waals surface area (Å²) < 4.78 is 5.15. The number of carbonyl (C=O) groups excluding carboxylic acids is 3. The van der Waals surface area contributed by atoms with Gasteiger partial charge in [-0.15, -0.1) is 0 Å². The fraction of sp³-hybridized carbons (Fsp3) is 0.409. The predicted octanol–water partition coefficient (Wildman–Crippen LogP) is 2.46. The van der Waals surface area contributed by atoms with Crippen molar-refractivity contribution < 1.29 is 19.1 Å². The van der Waals surface area contributed by atoms with Crippen LogP contribution < -0.4 is 10.6 Å². The van der Waals surface area contributed by atoms with Crippen LogP contribution in [0.3, 0.4) is 0 Å². The average molecular weight is 382 g/mol. The highest BCUT2D eigenvalue weighted by molar-refractivity contribution is 6.07. The molecule has 0 bridgehead atoms. The molecular weight excluding hydrogens is 356 g/mol. The summed E-state index contributed by atoms with van der Waals surface area (Å²) in [5.41, 5.74) is 0.428. The lowest BCUT2D eigenvalue weighted by Gasteiger charge is -2.27. The summed E-state index contributed by atoms with van der Waals surface area (Å²) in [7, 11) is 0. The molecule has 2 aromatic rings. The molecule has 6 nitrogen and oxygen atoms in total. The standard InChI is InChI=1S/C22H26N2O4/c1-14(2)11-19(23-18-9-10-28-13-20(18)25)22(27)24-21(26)17-8-7-15-5-3-4-6-16(15)12-17/h3-8,12,14,18-19,23H,9-11,13H2,1-2H3,(H,24,26,27)/t18-,19-/m0/s1. The van der Waals surface area contributed by atoms with Crippen LogP contribution in [0.15, 0.2) is 42.5 Å². The maximum Gasteiger partial charge on any atom is 0.257 e. The van der Waals surface area contributed by atoms with Crippen molar-refractivity contribution in [3.63, 3.8) is 0 Å². The summed E-state index contributed by atoms with van der Waals surface area (Å²) in [6.45, 7) is 4.54. The first-order chi connectivity index (χ1) is 13.4. The van der Waals surface area contributed by atoms with Gasteiger partial charge in [-0.25, -0.2) is 0 Å². The number of fused-ring (bicyclic) bond motifs is 1. The summed E-state index contributed by atoms with van der Waals surface area (Å²) in [5, 5.41) is 7.58. The summed E-state index contributed by atoms with van der Waals surface area (Å²) in [6, 6.07) is 12.0. The maximum atomic E-state index is 12.8. The lowest BCUT2D eigenvalue weighted by atomic mass is 9.99. The van der Waals surface area contributed by atoms with E-state index in [4.69, 9.17) is 4.74 Å². The van der Waals surface area contributed by atoms with Crippen LogP contribution in [0.5, 0.6) is 0 Å². The maximum absolute atomic E-state index is 12.8. The van der Waals surface area contributed by atoms with Gasteiger partial charge in [0.2, 0.25) is 5.91 Å². The molecule has 0 aliphatic carbocycles. The Morgan fingerprint density at radius 2 is 1.89 bits per heavy atom. The van der Waals surface area contributed by atoms with E-state index in [1.807, 2.05) is 44.2 Å². The molecule has 1 aliphatic rings. The number of imide groups is 1. The van der Waals surface area contributed by atoms with Crippen molar-refractivity contribution in [3.05, 3.63) is 48.0 Å². The molecule has 0 saturated carbocycles. The van der Waals surface area contributed by atoms with E-state index in [0.29, 0.717) is 25.0 Å². The Kier molecular flexibility index (Phi) is 6.54. The van der Waals surface area contributed by atoms with Crippen LogP contribution in [0.25, 0.3) is 10.8 Å². The van der Waals surface area contributed by atoms with Gasteiger partial charge in [-0.05, 0) is 41.7 Å². The second-order valence-corrected chi connectivity index (χ2v) is 7.59. The van der Waals surface area contributed by atoms with Gasteiger partial charge in [0, 0.05) is 12.2 Å². The van der Waals surface area contributed by atoms with Gasteiger partial charge in [-0.2, -0.15) is 0 Å². The molecule has 0 aromatic heterocycles. The number of nitrogens with one attached hydrogen (secondary N) is 2. The lowest BCUT2D eigenvalue weighted by molar-refractivity contribution is -0.131. The molecule has 0 spiro atoms. The fourth-order valence-corrected chi connectivity index (χ4v) is 3.38. The number of carbonyl (C=O) groups is 3. The Morgan fingerprint density at radius 1 is 1.14 bits per heavy atom. The smallest absolute Gasteiger partial charge is 0.257 e. The Balaban J connectivity index is 1.70. The third-order valence-corrected chi connectivity index (χ3v) is 4.86. The molecule has 3 rings (SSSR count). The molecule has 1 heterocycles. The molecule has 1 fully saturated rings. The van der Waals surface area contributed by atoms with E-state index in [2.05, 4.69) is 10.6 Å². The van der Waals surface area contributed by atoms with Crippen molar-refractivity contribution in [3.8, 4) is 0 Å². The van der Waals surface area contributed by atoms with E-state index in [9.17, 15) is 14.4 Å². The van der Waals surface area contributed by atoms with Gasteiger partial charge in [0.1, 0.15) is 6.61 Å². The van der Waals surface area contributed by atoms with Gasteiger partial charge in [0.25, 0.3) is 5.91 Å². The van der Waals surface area contributed by atoms with Crippen molar-refractivity contribution in [2.45, 2.75) is 38.8 Å². The Morgan fingerprint density at radius 3 is 2.61 bits per heavy atom. The third kappa shape index (κ3) is 5.03. The molecule has 28 heavy (non-hydrogen) atoms. The highest BCUT2D eigenvalue weighted by Crippen LogP contribution is 2.16. The zero-order valence-electron chi connectivity index (χ0n) is 16.2. The summed E-state index contributed by atoms with van der Waals surface area (Å²) in [6.07, 6.45) is 1.06. The van der Waals surface area contributed by atoms with E-state index in [1.165, 1.54) is 0 Å². The Hall–Kier alpha value is -2.57. The quantitative estimate of drug-likeness (QED) is 0.802. The van der Waals surface area contributed by atoms with Crippen LogP contribution in [0, 0.1) is 5.92 Å². The summed E-state index contributed by atoms with van der Waals surface area (Å²) in [5.74, 6) is -0.682. The van der Waals surface area contributed by atoms with E-state index < -0.39 is 23.9 Å². The third-order valence-electron chi connectivity index (χ3n) is 4.86. The van der Waals surface area contributed by atoms with E-state index in [-0.39, 0.29) is 18.3 Å². The van der Waals surface area contributed by atoms with E-state index in [1.54, 1.807) is 12.1 Å². The summed E-state index contributed by atoms with van der Waals surface area (Å²) in [4.78, 5) is 37.4. The Labute approximate surface area is 164 Å². The highest BCUT2D eigenvalue weighted by Gasteiger charge is 2.29. The topological polar surface area (TPSA) is 84.5 Å². The van der Waals surface area contributed by atoms with Crippen molar-refractivity contribution in [1.82, 2.24) is 10.6 Å². The first kappa shape index (κ1) is 20.2. The van der Waals surface area contributed by atoms with E-state index >= 15 is 0 Å². The van der Waals surface area contributed by atoms with Crippen LogP contribution in [0.2, 0.25) is 0 Å². The zero-order chi connectivity index (χ0) is 20.1. The van der Waals surface area contributed by atoms with Crippen molar-refractivity contribution >= 4 is 28.4 Å². The van der Waals surface area contributed by atoms with Crippen LogP contribution in [0.1, 0.15) is 37.0 Å². The van der Waals surface area contributed by atoms with Crippen LogP contribution in [-0.2, 0) is 14.3 Å². The minimum atomic E-state index is -0.614. The van der Waals surface area contributed by atoms with E-state index in [0.717, 1.165) is 10.8 Å². The molecule has 1 aliphatic heterocycles. The normalized spacial score (nSPS) is 18.2. The van der Waals surface area contributed by atoms with Gasteiger partial charge in [-0.1, -0.05) is 44.2 Å². The molecule has 148 valence electrons. The monoisotopic (exact) mass is 382 g/mol. The molecule has 1 saturated heterocycles. The number of hydrogen-bond donors (Lipinski definition) is 2. The predicted molar refractivity (Wildman–Crippen MR) is 107 cm³/mol. The van der Waals surface area contributed by atoms with Crippen LogP contribution >= 0.6 is 0 Å². The number of benzene rings is 2. The SMILES string of the molecule is CC(C)C[C@H](N[C@H]1CCOCC1=O)C(=O)NC(=O)c1ccc2ccccc2c1. The number of amides is 2. The first-order valence-electron chi connectivity index (χ1n) is 9.64. The Bertz CT molecular complexity index is 878. The fourth-order valence-electron chi connectivity index (χ4n) is 3.38.